The molecule has 7 nitrogen and oxygen atoms in total. The normalized spacial score (nSPS) is 15.8. The van der Waals surface area contributed by atoms with E-state index < -0.39 is 5.97 Å². The van der Waals surface area contributed by atoms with Crippen molar-refractivity contribution >= 4 is 23.4 Å². The number of aromatic nitrogens is 1. The number of esters is 1. The molecule has 0 N–H and O–H groups in total. The second-order valence-corrected chi connectivity index (χ2v) is 6.30. The van der Waals surface area contributed by atoms with Crippen LogP contribution in [0, 0.1) is 0 Å². The number of fused-ring (bicyclic) bond motifs is 1. The van der Waals surface area contributed by atoms with E-state index in [-0.39, 0.29) is 13.4 Å². The van der Waals surface area contributed by atoms with Gasteiger partial charge in [0, 0.05) is 19.3 Å². The zero-order chi connectivity index (χ0) is 17.9. The Morgan fingerprint density at radius 3 is 2.85 bits per heavy atom. The van der Waals surface area contributed by atoms with Crippen molar-refractivity contribution in [1.82, 2.24) is 4.98 Å². The van der Waals surface area contributed by atoms with Crippen LogP contribution in [-0.2, 0) is 16.1 Å². The van der Waals surface area contributed by atoms with Crippen LogP contribution in [0.25, 0.3) is 0 Å². The number of morpholine rings is 1. The highest BCUT2D eigenvalue weighted by Gasteiger charge is 2.19. The maximum atomic E-state index is 12.2. The first kappa shape index (κ1) is 16.9. The molecule has 8 heteroatoms. The van der Waals surface area contributed by atoms with Gasteiger partial charge in [0.1, 0.15) is 12.4 Å². The van der Waals surface area contributed by atoms with Crippen molar-refractivity contribution in [2.45, 2.75) is 6.61 Å². The molecule has 1 fully saturated rings. The third kappa shape index (κ3) is 3.54. The maximum Gasteiger partial charge on any atom is 0.340 e. The SMILES string of the molecule is O=C(OCc1cc(Cl)c2c(c1)OCO2)c1ccc(N2CCOCC2)nc1. The number of hydrogen-bond donors (Lipinski definition) is 0. The van der Waals surface area contributed by atoms with E-state index >= 15 is 0 Å². The van der Waals surface area contributed by atoms with Gasteiger partial charge in [-0.15, -0.1) is 0 Å². The van der Waals surface area contributed by atoms with Gasteiger partial charge in [0.25, 0.3) is 0 Å². The molecule has 1 aromatic heterocycles. The zero-order valence-corrected chi connectivity index (χ0v) is 14.7. The van der Waals surface area contributed by atoms with Crippen LogP contribution < -0.4 is 14.4 Å². The van der Waals surface area contributed by atoms with Crippen LogP contribution in [0.15, 0.2) is 30.5 Å². The van der Waals surface area contributed by atoms with Gasteiger partial charge >= 0.3 is 5.97 Å². The Kier molecular flexibility index (Phi) is 4.81. The van der Waals surface area contributed by atoms with E-state index in [4.69, 9.17) is 30.5 Å². The lowest BCUT2D eigenvalue weighted by molar-refractivity contribution is 0.0472. The second kappa shape index (κ2) is 7.39. The second-order valence-electron chi connectivity index (χ2n) is 5.89. The Labute approximate surface area is 155 Å². The number of anilines is 1. The molecule has 1 saturated heterocycles. The van der Waals surface area contributed by atoms with Crippen molar-refractivity contribution in [2.24, 2.45) is 0 Å². The van der Waals surface area contributed by atoms with Crippen LogP contribution in [0.1, 0.15) is 15.9 Å². The lowest BCUT2D eigenvalue weighted by Crippen LogP contribution is -2.36. The summed E-state index contributed by atoms with van der Waals surface area (Å²) in [6, 6.07) is 6.98. The van der Waals surface area contributed by atoms with Crippen molar-refractivity contribution in [3.8, 4) is 11.5 Å². The molecule has 2 aliphatic heterocycles. The van der Waals surface area contributed by atoms with Gasteiger partial charge in [-0.2, -0.15) is 0 Å². The van der Waals surface area contributed by atoms with E-state index in [1.807, 2.05) is 6.07 Å². The Morgan fingerprint density at radius 2 is 2.08 bits per heavy atom. The van der Waals surface area contributed by atoms with Crippen LogP contribution in [-0.4, -0.2) is 44.0 Å². The molecule has 0 atom stereocenters. The van der Waals surface area contributed by atoms with Gasteiger partial charge < -0.3 is 23.8 Å². The van der Waals surface area contributed by atoms with Crippen LogP contribution in [0.3, 0.4) is 0 Å². The van der Waals surface area contributed by atoms with E-state index in [9.17, 15) is 4.79 Å². The van der Waals surface area contributed by atoms with E-state index in [1.54, 1.807) is 18.2 Å². The molecule has 0 unspecified atom stereocenters. The number of hydrogen-bond acceptors (Lipinski definition) is 7. The summed E-state index contributed by atoms with van der Waals surface area (Å²) in [6.07, 6.45) is 1.53. The van der Waals surface area contributed by atoms with Gasteiger partial charge in [-0.3, -0.25) is 0 Å². The molecule has 0 radical (unpaired) electrons. The van der Waals surface area contributed by atoms with Crippen LogP contribution in [0.2, 0.25) is 5.02 Å². The number of nitrogens with zero attached hydrogens (tertiary/aromatic N) is 2. The van der Waals surface area contributed by atoms with Gasteiger partial charge in [0.2, 0.25) is 6.79 Å². The summed E-state index contributed by atoms with van der Waals surface area (Å²) in [7, 11) is 0. The molecule has 136 valence electrons. The molecule has 0 spiro atoms. The molecule has 1 aromatic carbocycles. The minimum absolute atomic E-state index is 0.0837. The highest BCUT2D eigenvalue weighted by atomic mass is 35.5. The van der Waals surface area contributed by atoms with Crippen molar-refractivity contribution in [1.29, 1.82) is 0 Å². The lowest BCUT2D eigenvalue weighted by atomic mass is 10.2. The van der Waals surface area contributed by atoms with Crippen molar-refractivity contribution in [3.63, 3.8) is 0 Å². The molecule has 0 bridgehead atoms. The Balaban J connectivity index is 1.38. The summed E-state index contributed by atoms with van der Waals surface area (Å²) in [4.78, 5) is 18.7. The van der Waals surface area contributed by atoms with Gasteiger partial charge in [0.05, 0.1) is 23.8 Å². The Bertz CT molecular complexity index is 806. The van der Waals surface area contributed by atoms with Crippen molar-refractivity contribution in [2.75, 3.05) is 38.0 Å². The van der Waals surface area contributed by atoms with Crippen molar-refractivity contribution < 1.29 is 23.7 Å². The quantitative estimate of drug-likeness (QED) is 0.760. The largest absolute Gasteiger partial charge is 0.457 e. The van der Waals surface area contributed by atoms with E-state index in [0.29, 0.717) is 35.3 Å². The van der Waals surface area contributed by atoms with E-state index in [1.165, 1.54) is 6.20 Å². The smallest absolute Gasteiger partial charge is 0.340 e. The monoisotopic (exact) mass is 376 g/mol. The number of carbonyl (C=O) groups is 1. The zero-order valence-electron chi connectivity index (χ0n) is 13.9. The van der Waals surface area contributed by atoms with Gasteiger partial charge in [-0.05, 0) is 29.8 Å². The fourth-order valence-electron chi connectivity index (χ4n) is 2.82. The summed E-state index contributed by atoms with van der Waals surface area (Å²) in [6.45, 7) is 3.18. The topological polar surface area (TPSA) is 70.1 Å². The van der Waals surface area contributed by atoms with E-state index in [2.05, 4.69) is 9.88 Å². The van der Waals surface area contributed by atoms with Gasteiger partial charge in [-0.25, -0.2) is 9.78 Å². The molecule has 2 aliphatic rings. The Hall–Kier alpha value is -2.51. The number of halogens is 1. The lowest BCUT2D eigenvalue weighted by Gasteiger charge is -2.27. The van der Waals surface area contributed by atoms with Gasteiger partial charge in [0.15, 0.2) is 11.5 Å². The molecule has 4 rings (SSSR count). The van der Waals surface area contributed by atoms with Crippen LogP contribution in [0.4, 0.5) is 5.82 Å². The Morgan fingerprint density at radius 1 is 1.23 bits per heavy atom. The molecule has 0 aliphatic carbocycles. The predicted molar refractivity (Wildman–Crippen MR) is 94.0 cm³/mol. The van der Waals surface area contributed by atoms with Gasteiger partial charge in [-0.1, -0.05) is 11.6 Å². The molecule has 3 heterocycles. The summed E-state index contributed by atoms with van der Waals surface area (Å²) < 4.78 is 21.2. The summed E-state index contributed by atoms with van der Waals surface area (Å²) in [5.41, 5.74) is 1.12. The fourth-order valence-corrected chi connectivity index (χ4v) is 3.11. The summed E-state index contributed by atoms with van der Waals surface area (Å²) in [5.74, 6) is 1.46. The number of carbonyl (C=O) groups excluding carboxylic acids is 1. The first-order valence-corrected chi connectivity index (χ1v) is 8.62. The minimum atomic E-state index is -0.445. The molecular formula is C18H17ClN2O5. The highest BCUT2D eigenvalue weighted by Crippen LogP contribution is 2.39. The number of benzene rings is 1. The van der Waals surface area contributed by atoms with Crippen molar-refractivity contribution in [3.05, 3.63) is 46.6 Å². The maximum absolute atomic E-state index is 12.2. The standard InChI is InChI=1S/C18H17ClN2O5/c19-14-7-12(8-15-17(14)26-11-25-15)10-24-18(22)13-1-2-16(20-9-13)21-3-5-23-6-4-21/h1-2,7-9H,3-6,10-11H2. The first-order chi connectivity index (χ1) is 12.7. The first-order valence-electron chi connectivity index (χ1n) is 8.24. The fraction of sp³-hybridized carbons (Fsp3) is 0.333. The molecule has 26 heavy (non-hydrogen) atoms. The third-order valence-electron chi connectivity index (χ3n) is 4.18. The minimum Gasteiger partial charge on any atom is -0.457 e. The van der Waals surface area contributed by atoms with E-state index in [0.717, 1.165) is 24.5 Å². The summed E-state index contributed by atoms with van der Waals surface area (Å²) in [5, 5.41) is 0.433. The van der Waals surface area contributed by atoms with Crippen LogP contribution in [0.5, 0.6) is 11.5 Å². The third-order valence-corrected chi connectivity index (χ3v) is 4.46. The number of pyridine rings is 1. The average molecular weight is 377 g/mol. The number of ether oxygens (including phenoxy) is 4. The molecular weight excluding hydrogens is 360 g/mol. The molecule has 2 aromatic rings. The summed E-state index contributed by atoms with van der Waals surface area (Å²) >= 11 is 6.13. The molecule has 0 amide bonds. The van der Waals surface area contributed by atoms with Crippen LogP contribution >= 0.6 is 11.6 Å². The highest BCUT2D eigenvalue weighted by molar-refractivity contribution is 6.32. The number of rotatable bonds is 4. The predicted octanol–water partition coefficient (Wildman–Crippen LogP) is 2.66. The average Bonchev–Trinajstić information content (AvgIpc) is 3.16. The molecule has 0 saturated carbocycles.